The second-order valence-corrected chi connectivity index (χ2v) is 7.95. The summed E-state index contributed by atoms with van der Waals surface area (Å²) in [5.41, 5.74) is 0.885. The first-order valence-corrected chi connectivity index (χ1v) is 9.88. The average molecular weight is 376 g/mol. The molecule has 8 heteroatoms. The van der Waals surface area contributed by atoms with Crippen LogP contribution in [-0.4, -0.2) is 28.0 Å². The molecule has 0 fully saturated rings. The summed E-state index contributed by atoms with van der Waals surface area (Å²) in [6.07, 6.45) is 6.12. The highest BCUT2D eigenvalue weighted by Crippen LogP contribution is 2.35. The van der Waals surface area contributed by atoms with Gasteiger partial charge in [-0.15, -0.1) is 11.3 Å². The molecule has 140 valence electrons. The Kier molecular flexibility index (Phi) is 5.70. The Labute approximate surface area is 155 Å². The molecule has 0 saturated heterocycles. The van der Waals surface area contributed by atoms with E-state index < -0.39 is 11.9 Å². The maximum absolute atomic E-state index is 12.8. The van der Waals surface area contributed by atoms with E-state index in [2.05, 4.69) is 22.5 Å². The van der Waals surface area contributed by atoms with Crippen molar-refractivity contribution in [2.24, 2.45) is 5.92 Å². The number of nitrogens with zero attached hydrogens (tertiary/aromatic N) is 2. The van der Waals surface area contributed by atoms with Gasteiger partial charge in [-0.25, -0.2) is 9.78 Å². The first kappa shape index (κ1) is 18.6. The van der Waals surface area contributed by atoms with Gasteiger partial charge in [0.05, 0.1) is 11.7 Å². The number of aryl methyl sites for hydroxylation is 1. The molecule has 0 spiro atoms. The van der Waals surface area contributed by atoms with Crippen LogP contribution in [0.1, 0.15) is 43.6 Å². The first-order valence-electron chi connectivity index (χ1n) is 9.07. The molecule has 7 nitrogen and oxygen atoms in total. The Balaban J connectivity index is 1.75. The van der Waals surface area contributed by atoms with E-state index in [9.17, 15) is 14.4 Å². The number of aromatic nitrogens is 2. The van der Waals surface area contributed by atoms with Gasteiger partial charge in [0.15, 0.2) is 0 Å². The molecule has 1 aliphatic rings. The number of nitrogens with one attached hydrogen (secondary N) is 2. The molecular weight excluding hydrogens is 352 g/mol. The van der Waals surface area contributed by atoms with Crippen molar-refractivity contribution < 1.29 is 9.59 Å². The molecule has 0 radical (unpaired) electrons. The van der Waals surface area contributed by atoms with E-state index in [0.29, 0.717) is 17.8 Å². The minimum atomic E-state index is -0.535. The number of urea groups is 1. The minimum absolute atomic E-state index is 0.205. The normalized spacial score (nSPS) is 16.3. The smallest absolute Gasteiger partial charge is 0.321 e. The average Bonchev–Trinajstić information content (AvgIpc) is 2.95. The van der Waals surface area contributed by atoms with Crippen LogP contribution in [0.15, 0.2) is 11.1 Å². The molecule has 0 aliphatic heterocycles. The van der Waals surface area contributed by atoms with Gasteiger partial charge in [0.1, 0.15) is 11.4 Å². The van der Waals surface area contributed by atoms with E-state index >= 15 is 0 Å². The lowest BCUT2D eigenvalue weighted by Crippen LogP contribution is -2.42. The van der Waals surface area contributed by atoms with Crippen molar-refractivity contribution in [2.75, 3.05) is 6.54 Å². The molecule has 3 rings (SSSR count). The number of unbranched alkanes of at least 4 members (excludes halogenated alkanes) is 1. The number of hydrogen-bond donors (Lipinski definition) is 2. The Morgan fingerprint density at radius 1 is 1.42 bits per heavy atom. The Morgan fingerprint density at radius 3 is 3.00 bits per heavy atom. The summed E-state index contributed by atoms with van der Waals surface area (Å²) in [6, 6.07) is -0.535. The van der Waals surface area contributed by atoms with Gasteiger partial charge in [-0.2, -0.15) is 0 Å². The summed E-state index contributed by atoms with van der Waals surface area (Å²) in [7, 11) is 0. The lowest BCUT2D eigenvalue weighted by Gasteiger charge is -2.17. The molecule has 2 heterocycles. The van der Waals surface area contributed by atoms with E-state index in [4.69, 9.17) is 0 Å². The van der Waals surface area contributed by atoms with Crippen molar-refractivity contribution in [3.05, 3.63) is 27.1 Å². The zero-order valence-corrected chi connectivity index (χ0v) is 15.9. The second-order valence-electron chi connectivity index (χ2n) is 6.87. The fraction of sp³-hybridized carbons (Fsp3) is 0.556. The highest BCUT2D eigenvalue weighted by Gasteiger charge is 2.23. The second kappa shape index (κ2) is 7.99. The van der Waals surface area contributed by atoms with E-state index in [1.54, 1.807) is 11.3 Å². The first-order chi connectivity index (χ1) is 12.5. The minimum Gasteiger partial charge on any atom is -0.338 e. The molecule has 2 aromatic heterocycles. The van der Waals surface area contributed by atoms with Crippen LogP contribution in [-0.2, 0) is 24.2 Å². The molecular formula is C18H24N4O3S. The quantitative estimate of drug-likeness (QED) is 0.783. The molecule has 2 aromatic rings. The van der Waals surface area contributed by atoms with Crippen LogP contribution in [0.25, 0.3) is 10.2 Å². The van der Waals surface area contributed by atoms with Gasteiger partial charge in [0, 0.05) is 11.4 Å². The van der Waals surface area contributed by atoms with Crippen molar-refractivity contribution in [3.8, 4) is 0 Å². The van der Waals surface area contributed by atoms with Crippen LogP contribution in [0.5, 0.6) is 0 Å². The van der Waals surface area contributed by atoms with Crippen molar-refractivity contribution in [2.45, 2.75) is 52.5 Å². The lowest BCUT2D eigenvalue weighted by molar-refractivity contribution is -0.120. The summed E-state index contributed by atoms with van der Waals surface area (Å²) in [6.45, 7) is 4.53. The van der Waals surface area contributed by atoms with Crippen LogP contribution in [0.2, 0.25) is 0 Å². The van der Waals surface area contributed by atoms with Crippen molar-refractivity contribution in [3.63, 3.8) is 0 Å². The van der Waals surface area contributed by atoms with Crippen LogP contribution >= 0.6 is 11.3 Å². The number of carbonyl (C=O) groups excluding carboxylic acids is 2. The van der Waals surface area contributed by atoms with E-state index in [1.807, 2.05) is 6.92 Å². The number of carbonyl (C=O) groups is 2. The Morgan fingerprint density at radius 2 is 2.23 bits per heavy atom. The van der Waals surface area contributed by atoms with Gasteiger partial charge < -0.3 is 5.32 Å². The third-order valence-corrected chi connectivity index (χ3v) is 5.83. The van der Waals surface area contributed by atoms with Gasteiger partial charge in [0.25, 0.3) is 5.56 Å². The SMILES string of the molecule is CCCCNC(=O)NC(=O)Cn1cnc2sc3c(c2c1=O)CC[C@@H](C)C3. The molecule has 0 bridgehead atoms. The van der Waals surface area contributed by atoms with Crippen LogP contribution in [0.3, 0.4) is 0 Å². The van der Waals surface area contributed by atoms with Crippen molar-refractivity contribution >= 4 is 33.5 Å². The summed E-state index contributed by atoms with van der Waals surface area (Å²) >= 11 is 1.58. The third-order valence-electron chi connectivity index (χ3n) is 4.66. The summed E-state index contributed by atoms with van der Waals surface area (Å²) < 4.78 is 1.28. The topological polar surface area (TPSA) is 93.1 Å². The molecule has 0 unspecified atom stereocenters. The van der Waals surface area contributed by atoms with E-state index in [0.717, 1.165) is 42.5 Å². The lowest BCUT2D eigenvalue weighted by atomic mass is 9.89. The van der Waals surface area contributed by atoms with Crippen LogP contribution in [0.4, 0.5) is 4.79 Å². The standard InChI is InChI=1S/C18H24N4O3S/c1-3-4-7-19-18(25)21-14(23)9-22-10-20-16-15(17(22)24)12-6-5-11(2)8-13(12)26-16/h10-11H,3-9H2,1-2H3,(H2,19,21,23,25)/t11-/m1/s1. The van der Waals surface area contributed by atoms with Crippen molar-refractivity contribution in [1.29, 1.82) is 0 Å². The number of amides is 3. The fourth-order valence-electron chi connectivity index (χ4n) is 3.22. The summed E-state index contributed by atoms with van der Waals surface area (Å²) in [5, 5.41) is 5.50. The predicted molar refractivity (Wildman–Crippen MR) is 102 cm³/mol. The van der Waals surface area contributed by atoms with Gasteiger partial charge in [-0.1, -0.05) is 20.3 Å². The Bertz CT molecular complexity index is 886. The molecule has 3 amide bonds. The number of rotatable bonds is 5. The Hall–Kier alpha value is -2.22. The van der Waals surface area contributed by atoms with Crippen LogP contribution < -0.4 is 16.2 Å². The maximum atomic E-state index is 12.8. The number of imide groups is 1. The zero-order valence-electron chi connectivity index (χ0n) is 15.1. The van der Waals surface area contributed by atoms with E-state index in [1.165, 1.54) is 15.8 Å². The molecule has 1 atom stereocenters. The van der Waals surface area contributed by atoms with Gasteiger partial charge in [0.2, 0.25) is 5.91 Å². The predicted octanol–water partition coefficient (Wildman–Crippen LogP) is 2.21. The summed E-state index contributed by atoms with van der Waals surface area (Å²) in [4.78, 5) is 42.9. The molecule has 0 saturated carbocycles. The zero-order chi connectivity index (χ0) is 18.7. The van der Waals surface area contributed by atoms with Crippen molar-refractivity contribution in [1.82, 2.24) is 20.2 Å². The number of fused-ring (bicyclic) bond motifs is 3. The molecule has 2 N–H and O–H groups in total. The monoisotopic (exact) mass is 376 g/mol. The van der Waals surface area contributed by atoms with Gasteiger partial charge in [-0.05, 0) is 37.2 Å². The number of thiophene rings is 1. The fourth-order valence-corrected chi connectivity index (χ4v) is 4.56. The molecule has 1 aliphatic carbocycles. The highest BCUT2D eigenvalue weighted by atomic mass is 32.1. The van der Waals surface area contributed by atoms with Gasteiger partial charge in [-0.3, -0.25) is 19.5 Å². The largest absolute Gasteiger partial charge is 0.338 e. The molecule has 0 aromatic carbocycles. The van der Waals surface area contributed by atoms with Crippen LogP contribution in [0, 0.1) is 5.92 Å². The highest BCUT2D eigenvalue weighted by molar-refractivity contribution is 7.18. The maximum Gasteiger partial charge on any atom is 0.321 e. The third kappa shape index (κ3) is 3.95. The van der Waals surface area contributed by atoms with Gasteiger partial charge >= 0.3 is 6.03 Å². The summed E-state index contributed by atoms with van der Waals surface area (Å²) in [5.74, 6) is 0.0924. The molecule has 26 heavy (non-hydrogen) atoms. The number of hydrogen-bond acceptors (Lipinski definition) is 5. The van der Waals surface area contributed by atoms with E-state index in [-0.39, 0.29) is 12.1 Å².